The fraction of sp³-hybridized carbons (Fsp3) is 0.0833. The van der Waals surface area contributed by atoms with Crippen LogP contribution in [0.1, 0.15) is 5.56 Å². The molecular formula is C12H11BrN2O3S. The standard InChI is InChI=1S/C12H11BrN2O3S/c1-8-4-5-9(13)7-10(8)18-12-11(19(14,16)17)3-2-6-15-12/h2-7H,1H3,(H2,14,16,17). The highest BCUT2D eigenvalue weighted by atomic mass is 79.9. The molecule has 19 heavy (non-hydrogen) atoms. The number of aromatic nitrogens is 1. The Labute approximate surface area is 119 Å². The molecule has 0 amide bonds. The molecule has 1 aromatic heterocycles. The number of halogens is 1. The Morgan fingerprint density at radius 3 is 2.74 bits per heavy atom. The summed E-state index contributed by atoms with van der Waals surface area (Å²) in [6.45, 7) is 1.85. The largest absolute Gasteiger partial charge is 0.437 e. The first-order valence-corrected chi connectivity index (χ1v) is 7.63. The number of hydrogen-bond acceptors (Lipinski definition) is 4. The topological polar surface area (TPSA) is 82.3 Å². The molecule has 1 heterocycles. The molecule has 1 aromatic carbocycles. The van der Waals surface area contributed by atoms with E-state index in [9.17, 15) is 8.42 Å². The number of hydrogen-bond donors (Lipinski definition) is 1. The van der Waals surface area contributed by atoms with Crippen LogP contribution >= 0.6 is 15.9 Å². The van der Waals surface area contributed by atoms with Crippen molar-refractivity contribution in [2.75, 3.05) is 0 Å². The van der Waals surface area contributed by atoms with E-state index < -0.39 is 10.0 Å². The Hall–Kier alpha value is -1.44. The van der Waals surface area contributed by atoms with E-state index in [0.717, 1.165) is 10.0 Å². The van der Waals surface area contributed by atoms with E-state index in [1.165, 1.54) is 18.3 Å². The predicted octanol–water partition coefficient (Wildman–Crippen LogP) is 2.59. The number of sulfonamides is 1. The van der Waals surface area contributed by atoms with Gasteiger partial charge in [-0.05, 0) is 36.8 Å². The van der Waals surface area contributed by atoms with Crippen LogP contribution in [0.3, 0.4) is 0 Å². The maximum atomic E-state index is 11.4. The minimum atomic E-state index is -3.88. The highest BCUT2D eigenvalue weighted by molar-refractivity contribution is 9.10. The lowest BCUT2D eigenvalue weighted by Gasteiger charge is -2.10. The maximum absolute atomic E-state index is 11.4. The van der Waals surface area contributed by atoms with Gasteiger partial charge in [-0.1, -0.05) is 22.0 Å². The zero-order valence-corrected chi connectivity index (χ0v) is 12.4. The first kappa shape index (κ1) is 14.0. The summed E-state index contributed by atoms with van der Waals surface area (Å²) in [6.07, 6.45) is 1.44. The van der Waals surface area contributed by atoms with Crippen molar-refractivity contribution in [2.45, 2.75) is 11.8 Å². The van der Waals surface area contributed by atoms with Gasteiger partial charge in [0.1, 0.15) is 10.6 Å². The molecule has 0 fully saturated rings. The van der Waals surface area contributed by atoms with Gasteiger partial charge < -0.3 is 4.74 Å². The minimum Gasteiger partial charge on any atom is -0.437 e. The van der Waals surface area contributed by atoms with Gasteiger partial charge >= 0.3 is 0 Å². The number of pyridine rings is 1. The Balaban J connectivity index is 2.47. The Morgan fingerprint density at radius 1 is 1.32 bits per heavy atom. The summed E-state index contributed by atoms with van der Waals surface area (Å²) in [7, 11) is -3.88. The predicted molar refractivity (Wildman–Crippen MR) is 74.6 cm³/mol. The van der Waals surface area contributed by atoms with E-state index in [2.05, 4.69) is 20.9 Å². The molecule has 5 nitrogen and oxygen atoms in total. The van der Waals surface area contributed by atoms with Gasteiger partial charge in [0, 0.05) is 10.7 Å². The molecular weight excluding hydrogens is 332 g/mol. The maximum Gasteiger partial charge on any atom is 0.243 e. The molecule has 0 aliphatic carbocycles. The summed E-state index contributed by atoms with van der Waals surface area (Å²) in [6, 6.07) is 8.28. The van der Waals surface area contributed by atoms with E-state index in [4.69, 9.17) is 9.88 Å². The third kappa shape index (κ3) is 3.31. The van der Waals surface area contributed by atoms with Crippen LogP contribution in [0.15, 0.2) is 45.9 Å². The number of nitrogens with zero attached hydrogens (tertiary/aromatic N) is 1. The van der Waals surface area contributed by atoms with E-state index >= 15 is 0 Å². The molecule has 0 bridgehead atoms. The molecule has 0 spiro atoms. The van der Waals surface area contributed by atoms with Crippen molar-refractivity contribution in [3.05, 3.63) is 46.6 Å². The van der Waals surface area contributed by atoms with Gasteiger partial charge in [-0.3, -0.25) is 0 Å². The summed E-state index contributed by atoms with van der Waals surface area (Å²) >= 11 is 3.32. The molecule has 7 heteroatoms. The normalized spacial score (nSPS) is 11.3. The average Bonchev–Trinajstić information content (AvgIpc) is 2.33. The second kappa shape index (κ2) is 5.28. The zero-order valence-electron chi connectivity index (χ0n) is 10.00. The fourth-order valence-corrected chi connectivity index (χ4v) is 2.40. The molecule has 0 radical (unpaired) electrons. The van der Waals surface area contributed by atoms with E-state index in [0.29, 0.717) is 5.75 Å². The highest BCUT2D eigenvalue weighted by Crippen LogP contribution is 2.30. The first-order chi connectivity index (χ1) is 8.88. The van der Waals surface area contributed by atoms with Crippen molar-refractivity contribution < 1.29 is 13.2 Å². The molecule has 0 aliphatic heterocycles. The van der Waals surface area contributed by atoms with Crippen molar-refractivity contribution in [3.63, 3.8) is 0 Å². The second-order valence-electron chi connectivity index (χ2n) is 3.86. The van der Waals surface area contributed by atoms with Gasteiger partial charge in [-0.2, -0.15) is 0 Å². The molecule has 0 saturated heterocycles. The molecule has 2 rings (SSSR count). The Kier molecular flexibility index (Phi) is 3.88. The Bertz CT molecular complexity index is 717. The van der Waals surface area contributed by atoms with Crippen molar-refractivity contribution in [1.29, 1.82) is 0 Å². The van der Waals surface area contributed by atoms with Crippen LogP contribution in [0.5, 0.6) is 11.6 Å². The summed E-state index contributed by atoms with van der Waals surface area (Å²) in [4.78, 5) is 3.77. The van der Waals surface area contributed by atoms with Crippen LogP contribution in [-0.2, 0) is 10.0 Å². The van der Waals surface area contributed by atoms with Gasteiger partial charge in [0.05, 0.1) is 0 Å². The third-order valence-corrected chi connectivity index (χ3v) is 3.82. The van der Waals surface area contributed by atoms with Crippen LogP contribution in [0.4, 0.5) is 0 Å². The Morgan fingerprint density at radius 2 is 2.05 bits per heavy atom. The van der Waals surface area contributed by atoms with Crippen molar-refractivity contribution >= 4 is 26.0 Å². The molecule has 0 aliphatic rings. The quantitative estimate of drug-likeness (QED) is 0.929. The summed E-state index contributed by atoms with van der Waals surface area (Å²) in [5.74, 6) is 0.476. The molecule has 100 valence electrons. The first-order valence-electron chi connectivity index (χ1n) is 5.30. The van der Waals surface area contributed by atoms with E-state index in [1.807, 2.05) is 19.1 Å². The molecule has 0 saturated carbocycles. The summed E-state index contributed by atoms with van der Waals surface area (Å²) in [5.41, 5.74) is 0.856. The van der Waals surface area contributed by atoms with Crippen molar-refractivity contribution in [3.8, 4) is 11.6 Å². The SMILES string of the molecule is Cc1ccc(Br)cc1Oc1ncccc1S(N)(=O)=O. The van der Waals surface area contributed by atoms with Crippen LogP contribution in [0, 0.1) is 6.92 Å². The van der Waals surface area contributed by atoms with Gasteiger partial charge in [0.25, 0.3) is 0 Å². The molecule has 2 aromatic rings. The average molecular weight is 343 g/mol. The lowest BCUT2D eigenvalue weighted by molar-refractivity contribution is 0.443. The van der Waals surface area contributed by atoms with Crippen molar-refractivity contribution in [2.24, 2.45) is 5.14 Å². The summed E-state index contributed by atoms with van der Waals surface area (Å²) in [5, 5.41) is 5.12. The molecule has 0 atom stereocenters. The molecule has 2 N–H and O–H groups in total. The number of ether oxygens (including phenoxy) is 1. The van der Waals surface area contributed by atoms with E-state index in [1.54, 1.807) is 6.07 Å². The number of aryl methyl sites for hydroxylation is 1. The lowest BCUT2D eigenvalue weighted by Crippen LogP contribution is -2.13. The minimum absolute atomic E-state index is 0.0359. The number of primary sulfonamides is 1. The zero-order chi connectivity index (χ0) is 14.0. The van der Waals surface area contributed by atoms with Crippen LogP contribution in [0.25, 0.3) is 0 Å². The monoisotopic (exact) mass is 342 g/mol. The molecule has 0 unspecified atom stereocenters. The van der Waals surface area contributed by atoms with Gasteiger partial charge in [-0.15, -0.1) is 0 Å². The van der Waals surface area contributed by atoms with Crippen LogP contribution in [0.2, 0.25) is 0 Å². The van der Waals surface area contributed by atoms with Gasteiger partial charge in [0.15, 0.2) is 0 Å². The number of benzene rings is 1. The van der Waals surface area contributed by atoms with Crippen LogP contribution < -0.4 is 9.88 Å². The number of rotatable bonds is 3. The van der Waals surface area contributed by atoms with Crippen molar-refractivity contribution in [1.82, 2.24) is 4.98 Å². The lowest BCUT2D eigenvalue weighted by atomic mass is 10.2. The van der Waals surface area contributed by atoms with Crippen LogP contribution in [-0.4, -0.2) is 13.4 Å². The number of nitrogens with two attached hydrogens (primary N) is 1. The van der Waals surface area contributed by atoms with Gasteiger partial charge in [-0.25, -0.2) is 18.5 Å². The third-order valence-electron chi connectivity index (χ3n) is 2.40. The summed E-state index contributed by atoms with van der Waals surface area (Å²) < 4.78 is 29.3. The fourth-order valence-electron chi connectivity index (χ4n) is 1.46. The second-order valence-corrected chi connectivity index (χ2v) is 6.31. The van der Waals surface area contributed by atoms with E-state index in [-0.39, 0.29) is 10.8 Å². The smallest absolute Gasteiger partial charge is 0.243 e. The van der Waals surface area contributed by atoms with Gasteiger partial charge in [0.2, 0.25) is 15.9 Å². The highest BCUT2D eigenvalue weighted by Gasteiger charge is 2.17.